The number of amides is 3. The zero-order valence-corrected chi connectivity index (χ0v) is 19.4. The van der Waals surface area contributed by atoms with Crippen molar-refractivity contribution in [2.75, 3.05) is 0 Å². The number of imide groups is 1. The van der Waals surface area contributed by atoms with Crippen LogP contribution in [0, 0.1) is 0 Å². The Labute approximate surface area is 199 Å². The van der Waals surface area contributed by atoms with Gasteiger partial charge in [0.25, 0.3) is 0 Å². The maximum atomic E-state index is 12.8. The van der Waals surface area contributed by atoms with E-state index in [-0.39, 0.29) is 40.5 Å². The standard InChI is InChI=1S/C22H22Cl2F2N4O3/c1-22(2,16-10-27-12(9-28-16)7-17(25)26)21(33)29-8-11-5-14(23)19(15(24)6-11)13-3-4-18(31)30-20(13)32/h5-6,9-10,13,17H,3-4,7-8H2,1-2H3,(H,29,33)(H,30,31,32). The first-order valence-corrected chi connectivity index (χ1v) is 10.9. The van der Waals surface area contributed by atoms with Crippen LogP contribution < -0.4 is 10.6 Å². The molecule has 0 bridgehead atoms. The summed E-state index contributed by atoms with van der Waals surface area (Å²) in [6, 6.07) is 3.22. The minimum absolute atomic E-state index is 0.105. The highest BCUT2D eigenvalue weighted by atomic mass is 35.5. The monoisotopic (exact) mass is 498 g/mol. The fourth-order valence-electron chi connectivity index (χ4n) is 3.50. The normalized spacial score (nSPS) is 16.6. The topological polar surface area (TPSA) is 101 Å². The molecular formula is C22H22Cl2F2N4O3. The number of nitrogens with zero attached hydrogens (tertiary/aromatic N) is 2. The summed E-state index contributed by atoms with van der Waals surface area (Å²) in [4.78, 5) is 44.5. The molecule has 1 saturated heterocycles. The number of rotatable bonds is 7. The van der Waals surface area contributed by atoms with E-state index in [2.05, 4.69) is 20.6 Å². The molecule has 0 saturated carbocycles. The average molecular weight is 499 g/mol. The molecule has 176 valence electrons. The van der Waals surface area contributed by atoms with Crippen LogP contribution in [0.25, 0.3) is 0 Å². The van der Waals surface area contributed by atoms with Gasteiger partial charge in [-0.3, -0.25) is 29.7 Å². The summed E-state index contributed by atoms with van der Waals surface area (Å²) < 4.78 is 25.0. The lowest BCUT2D eigenvalue weighted by atomic mass is 9.88. The zero-order chi connectivity index (χ0) is 24.3. The quantitative estimate of drug-likeness (QED) is 0.566. The van der Waals surface area contributed by atoms with Crippen molar-refractivity contribution < 1.29 is 23.2 Å². The molecule has 2 aromatic rings. The summed E-state index contributed by atoms with van der Waals surface area (Å²) in [5.74, 6) is -1.77. The number of carbonyl (C=O) groups excluding carboxylic acids is 3. The Morgan fingerprint density at radius 1 is 1.21 bits per heavy atom. The fraction of sp³-hybridized carbons (Fsp3) is 0.409. The molecule has 1 aliphatic rings. The Hall–Kier alpha value is -2.65. The van der Waals surface area contributed by atoms with E-state index < -0.39 is 30.1 Å². The molecule has 3 rings (SSSR count). The Balaban J connectivity index is 1.69. The molecule has 0 aliphatic carbocycles. The van der Waals surface area contributed by atoms with E-state index in [0.29, 0.717) is 23.2 Å². The first kappa shape index (κ1) is 25.0. The predicted molar refractivity (Wildman–Crippen MR) is 118 cm³/mol. The van der Waals surface area contributed by atoms with Gasteiger partial charge in [-0.1, -0.05) is 23.2 Å². The molecule has 11 heteroatoms. The molecule has 1 fully saturated rings. The van der Waals surface area contributed by atoms with Crippen molar-refractivity contribution in [1.82, 2.24) is 20.6 Å². The van der Waals surface area contributed by atoms with Gasteiger partial charge in [0, 0.05) is 41.0 Å². The van der Waals surface area contributed by atoms with Gasteiger partial charge in [-0.2, -0.15) is 0 Å². The minimum Gasteiger partial charge on any atom is -0.351 e. The lowest BCUT2D eigenvalue weighted by Crippen LogP contribution is -2.40. The third-order valence-electron chi connectivity index (χ3n) is 5.46. The number of hydrogen-bond donors (Lipinski definition) is 2. The third kappa shape index (κ3) is 5.83. The van der Waals surface area contributed by atoms with Crippen molar-refractivity contribution in [3.63, 3.8) is 0 Å². The van der Waals surface area contributed by atoms with Crippen molar-refractivity contribution in [2.45, 2.75) is 57.4 Å². The van der Waals surface area contributed by atoms with Gasteiger partial charge in [-0.15, -0.1) is 0 Å². The summed E-state index contributed by atoms with van der Waals surface area (Å²) in [7, 11) is 0. The van der Waals surface area contributed by atoms with E-state index in [1.165, 1.54) is 12.4 Å². The fourth-order valence-corrected chi connectivity index (χ4v) is 4.30. The maximum Gasteiger partial charge on any atom is 0.244 e. The van der Waals surface area contributed by atoms with Gasteiger partial charge in [0.05, 0.1) is 29.1 Å². The van der Waals surface area contributed by atoms with Crippen LogP contribution in [0.4, 0.5) is 8.78 Å². The van der Waals surface area contributed by atoms with Crippen LogP contribution in [0.1, 0.15) is 55.1 Å². The first-order valence-electron chi connectivity index (χ1n) is 10.2. The summed E-state index contributed by atoms with van der Waals surface area (Å²) in [6.07, 6.45) is 0.0364. The molecule has 1 aromatic heterocycles. The van der Waals surface area contributed by atoms with Crippen molar-refractivity contribution in [1.29, 1.82) is 0 Å². The van der Waals surface area contributed by atoms with E-state index in [1.54, 1.807) is 26.0 Å². The second kappa shape index (κ2) is 10.1. The predicted octanol–water partition coefficient (Wildman–Crippen LogP) is 3.71. The van der Waals surface area contributed by atoms with Crippen LogP contribution in [0.15, 0.2) is 24.5 Å². The smallest absolute Gasteiger partial charge is 0.244 e. The molecule has 1 aromatic carbocycles. The van der Waals surface area contributed by atoms with E-state index in [9.17, 15) is 23.2 Å². The van der Waals surface area contributed by atoms with Gasteiger partial charge in [0.15, 0.2) is 0 Å². The van der Waals surface area contributed by atoms with Crippen molar-refractivity contribution in [3.05, 3.63) is 57.1 Å². The van der Waals surface area contributed by atoms with Gasteiger partial charge in [0.2, 0.25) is 24.1 Å². The van der Waals surface area contributed by atoms with Crippen LogP contribution in [0.3, 0.4) is 0 Å². The van der Waals surface area contributed by atoms with E-state index in [0.717, 1.165) is 0 Å². The van der Waals surface area contributed by atoms with Gasteiger partial charge >= 0.3 is 0 Å². The van der Waals surface area contributed by atoms with Crippen LogP contribution >= 0.6 is 23.2 Å². The molecule has 1 atom stereocenters. The largest absolute Gasteiger partial charge is 0.351 e. The van der Waals surface area contributed by atoms with Gasteiger partial charge < -0.3 is 5.32 Å². The highest BCUT2D eigenvalue weighted by Gasteiger charge is 2.33. The van der Waals surface area contributed by atoms with E-state index >= 15 is 0 Å². The molecule has 2 heterocycles. The number of nitrogens with one attached hydrogen (secondary N) is 2. The molecule has 1 unspecified atom stereocenters. The highest BCUT2D eigenvalue weighted by molar-refractivity contribution is 6.36. The summed E-state index contributed by atoms with van der Waals surface area (Å²) in [6.45, 7) is 3.39. The zero-order valence-electron chi connectivity index (χ0n) is 17.9. The van der Waals surface area contributed by atoms with Crippen molar-refractivity contribution in [3.8, 4) is 0 Å². The van der Waals surface area contributed by atoms with Crippen molar-refractivity contribution in [2.24, 2.45) is 0 Å². The SMILES string of the molecule is CC(C)(C(=O)NCc1cc(Cl)c(C2CCC(=O)NC2=O)c(Cl)c1)c1cnc(CC(F)F)cn1. The summed E-state index contributed by atoms with van der Waals surface area (Å²) in [5.41, 5.74) is 0.463. The number of carbonyl (C=O) groups is 3. The molecule has 0 spiro atoms. The Bertz CT molecular complexity index is 1050. The molecule has 33 heavy (non-hydrogen) atoms. The molecule has 3 amide bonds. The number of benzene rings is 1. The van der Waals surface area contributed by atoms with Crippen molar-refractivity contribution >= 4 is 40.9 Å². The number of alkyl halides is 2. The van der Waals surface area contributed by atoms with Gasteiger partial charge in [-0.25, -0.2) is 8.78 Å². The Morgan fingerprint density at radius 2 is 1.88 bits per heavy atom. The van der Waals surface area contributed by atoms with Crippen LogP contribution in [-0.4, -0.2) is 34.1 Å². The molecule has 7 nitrogen and oxygen atoms in total. The lowest BCUT2D eigenvalue weighted by molar-refractivity contribution is -0.134. The van der Waals surface area contributed by atoms with Gasteiger partial charge in [-0.05, 0) is 38.0 Å². The summed E-state index contributed by atoms with van der Waals surface area (Å²) in [5, 5.41) is 5.60. The van der Waals surface area contributed by atoms with Gasteiger partial charge in [0.1, 0.15) is 0 Å². The number of aromatic nitrogens is 2. The van der Waals surface area contributed by atoms with Crippen LogP contribution in [0.5, 0.6) is 0 Å². The van der Waals surface area contributed by atoms with E-state index in [1.807, 2.05) is 0 Å². The van der Waals surface area contributed by atoms with Crippen LogP contribution in [0.2, 0.25) is 10.0 Å². The molecular weight excluding hydrogens is 477 g/mol. The molecule has 0 radical (unpaired) electrons. The average Bonchev–Trinajstić information content (AvgIpc) is 2.73. The summed E-state index contributed by atoms with van der Waals surface area (Å²) >= 11 is 12.8. The maximum absolute atomic E-state index is 12.8. The second-order valence-corrected chi connectivity index (χ2v) is 9.09. The van der Waals surface area contributed by atoms with Crippen LogP contribution in [-0.2, 0) is 32.8 Å². The number of halogens is 4. The first-order chi connectivity index (χ1) is 15.5. The number of hydrogen-bond acceptors (Lipinski definition) is 5. The molecule has 1 aliphatic heterocycles. The highest BCUT2D eigenvalue weighted by Crippen LogP contribution is 2.37. The minimum atomic E-state index is -2.53. The Morgan fingerprint density at radius 3 is 2.42 bits per heavy atom. The third-order valence-corrected chi connectivity index (χ3v) is 6.08. The molecule has 2 N–H and O–H groups in total. The van der Waals surface area contributed by atoms with E-state index in [4.69, 9.17) is 23.2 Å². The Kier molecular flexibility index (Phi) is 7.64. The lowest BCUT2D eigenvalue weighted by Gasteiger charge is -2.24. The second-order valence-electron chi connectivity index (χ2n) is 8.27. The number of piperidine rings is 1.